The number of rotatable bonds is 6. The molecule has 0 spiro atoms. The van der Waals surface area contributed by atoms with E-state index in [4.69, 9.17) is 0 Å². The van der Waals surface area contributed by atoms with Crippen LogP contribution in [0.1, 0.15) is 10.8 Å². The van der Waals surface area contributed by atoms with E-state index in [1.807, 2.05) is 67.8 Å². The molecule has 0 unspecified atom stereocenters. The molecular weight excluding hydrogens is 386 g/mol. The predicted octanol–water partition coefficient (Wildman–Crippen LogP) is 3.45. The van der Waals surface area contributed by atoms with Gasteiger partial charge in [-0.3, -0.25) is 4.79 Å². The molecule has 0 aliphatic heterocycles. The van der Waals surface area contributed by atoms with Crippen molar-refractivity contribution in [2.75, 3.05) is 17.2 Å². The number of nitrogens with one attached hydrogen (secondary N) is 2. The second-order valence-electron chi connectivity index (χ2n) is 6.42. The van der Waals surface area contributed by atoms with Gasteiger partial charge in [-0.15, -0.1) is 16.4 Å². The number of anilines is 2. The fourth-order valence-corrected chi connectivity index (χ4v) is 3.48. The van der Waals surface area contributed by atoms with Crippen molar-refractivity contribution >= 4 is 28.6 Å². The highest BCUT2D eigenvalue weighted by Crippen LogP contribution is 2.24. The largest absolute Gasteiger partial charge is 0.376 e. The average molecular weight is 405 g/mol. The van der Waals surface area contributed by atoms with Gasteiger partial charge in [0.1, 0.15) is 0 Å². The van der Waals surface area contributed by atoms with E-state index < -0.39 is 0 Å². The molecule has 146 valence electrons. The average Bonchev–Trinajstić information content (AvgIpc) is 3.35. The Kier molecular flexibility index (Phi) is 5.30. The van der Waals surface area contributed by atoms with E-state index in [1.165, 1.54) is 0 Å². The number of carbonyl (C=O) groups excluding carboxylic acids is 1. The van der Waals surface area contributed by atoms with Crippen LogP contribution in [0.15, 0.2) is 53.9 Å². The number of hydrogen-bond acceptors (Lipinski definition) is 7. The van der Waals surface area contributed by atoms with Gasteiger partial charge in [-0.1, -0.05) is 18.2 Å². The van der Waals surface area contributed by atoms with E-state index in [-0.39, 0.29) is 12.5 Å². The van der Waals surface area contributed by atoms with Gasteiger partial charge in [0, 0.05) is 22.3 Å². The summed E-state index contributed by atoms with van der Waals surface area (Å²) in [6, 6.07) is 15.2. The molecule has 0 saturated heterocycles. The van der Waals surface area contributed by atoms with Crippen LogP contribution in [-0.4, -0.2) is 37.6 Å². The van der Waals surface area contributed by atoms with Crippen molar-refractivity contribution in [3.8, 4) is 16.9 Å². The number of carbonyl (C=O) groups is 1. The lowest BCUT2D eigenvalue weighted by Gasteiger charge is -2.10. The lowest BCUT2D eigenvalue weighted by molar-refractivity contribution is -0.114. The molecule has 29 heavy (non-hydrogen) atoms. The lowest BCUT2D eigenvalue weighted by atomic mass is 10.1. The molecule has 0 saturated carbocycles. The first-order chi connectivity index (χ1) is 14.1. The fraction of sp³-hybridized carbons (Fsp3) is 0.150. The number of aryl methyl sites for hydroxylation is 2. The summed E-state index contributed by atoms with van der Waals surface area (Å²) in [5, 5.41) is 20.6. The van der Waals surface area contributed by atoms with E-state index in [9.17, 15) is 4.79 Å². The molecule has 0 radical (unpaired) electrons. The van der Waals surface area contributed by atoms with E-state index in [0.29, 0.717) is 5.82 Å². The van der Waals surface area contributed by atoms with Gasteiger partial charge in [0.25, 0.3) is 0 Å². The number of aromatic nitrogens is 5. The van der Waals surface area contributed by atoms with Crippen LogP contribution in [-0.2, 0) is 4.79 Å². The SMILES string of the molecule is Cc1nc(-c2cccc(NC(=O)CNc3cccc(-n4nnnc4C)c3)c2)cs1. The third kappa shape index (κ3) is 4.46. The highest BCUT2D eigenvalue weighted by molar-refractivity contribution is 7.09. The number of tetrazole rings is 1. The maximum absolute atomic E-state index is 12.4. The number of nitrogens with zero attached hydrogens (tertiary/aromatic N) is 5. The summed E-state index contributed by atoms with van der Waals surface area (Å²) in [5.41, 5.74) is 4.25. The van der Waals surface area contributed by atoms with Gasteiger partial charge in [0.05, 0.1) is 22.9 Å². The zero-order valence-corrected chi connectivity index (χ0v) is 16.8. The van der Waals surface area contributed by atoms with Crippen molar-refractivity contribution in [2.45, 2.75) is 13.8 Å². The minimum atomic E-state index is -0.138. The minimum Gasteiger partial charge on any atom is -0.376 e. The highest BCUT2D eigenvalue weighted by Gasteiger charge is 2.08. The van der Waals surface area contributed by atoms with Gasteiger partial charge in [0.15, 0.2) is 5.82 Å². The van der Waals surface area contributed by atoms with Crippen LogP contribution >= 0.6 is 11.3 Å². The summed E-state index contributed by atoms with van der Waals surface area (Å²) < 4.78 is 1.64. The smallest absolute Gasteiger partial charge is 0.243 e. The Hall–Kier alpha value is -3.59. The summed E-state index contributed by atoms with van der Waals surface area (Å²) in [6.45, 7) is 3.94. The third-order valence-corrected chi connectivity index (χ3v) is 5.00. The normalized spacial score (nSPS) is 10.7. The van der Waals surface area contributed by atoms with Crippen molar-refractivity contribution < 1.29 is 4.79 Å². The Labute approximate surface area is 171 Å². The molecule has 4 rings (SSSR count). The second-order valence-corrected chi connectivity index (χ2v) is 7.48. The van der Waals surface area contributed by atoms with Gasteiger partial charge in [-0.2, -0.15) is 4.68 Å². The maximum Gasteiger partial charge on any atom is 0.243 e. The van der Waals surface area contributed by atoms with Gasteiger partial charge in [0.2, 0.25) is 5.91 Å². The van der Waals surface area contributed by atoms with Crippen LogP contribution in [0.2, 0.25) is 0 Å². The first-order valence-corrected chi connectivity index (χ1v) is 9.88. The Morgan fingerprint density at radius 2 is 1.93 bits per heavy atom. The molecule has 8 nitrogen and oxygen atoms in total. The van der Waals surface area contributed by atoms with Crippen molar-refractivity contribution in [1.29, 1.82) is 0 Å². The van der Waals surface area contributed by atoms with Crippen LogP contribution in [0.5, 0.6) is 0 Å². The highest BCUT2D eigenvalue weighted by atomic mass is 32.1. The summed E-state index contributed by atoms with van der Waals surface area (Å²) in [6.07, 6.45) is 0. The third-order valence-electron chi connectivity index (χ3n) is 4.23. The molecule has 2 aromatic heterocycles. The fourth-order valence-electron chi connectivity index (χ4n) is 2.86. The van der Waals surface area contributed by atoms with Crippen molar-refractivity contribution in [1.82, 2.24) is 25.2 Å². The van der Waals surface area contributed by atoms with Crippen LogP contribution in [0.3, 0.4) is 0 Å². The second kappa shape index (κ2) is 8.19. The molecule has 2 aromatic carbocycles. The van der Waals surface area contributed by atoms with Crippen LogP contribution in [0, 0.1) is 13.8 Å². The summed E-state index contributed by atoms with van der Waals surface area (Å²) in [4.78, 5) is 16.9. The predicted molar refractivity (Wildman–Crippen MR) is 113 cm³/mol. The molecular formula is C20H19N7OS. The quantitative estimate of drug-likeness (QED) is 0.510. The standard InChI is InChI=1S/C20H19N7OS/c1-13-24-25-26-27(13)18-8-4-6-16(10-18)21-11-20(28)23-17-7-3-5-15(9-17)19-12-29-14(2)22-19/h3-10,12,21H,11H2,1-2H3,(H,23,28). The first-order valence-electron chi connectivity index (χ1n) is 9.00. The van der Waals surface area contributed by atoms with Gasteiger partial charge in [-0.25, -0.2) is 4.98 Å². The maximum atomic E-state index is 12.4. The minimum absolute atomic E-state index is 0.137. The monoisotopic (exact) mass is 405 g/mol. The van der Waals surface area contributed by atoms with Gasteiger partial charge >= 0.3 is 0 Å². The topological polar surface area (TPSA) is 97.6 Å². The van der Waals surface area contributed by atoms with Crippen molar-refractivity contribution in [2.24, 2.45) is 0 Å². The molecule has 9 heteroatoms. The number of benzene rings is 2. The van der Waals surface area contributed by atoms with E-state index in [0.717, 1.165) is 33.3 Å². The van der Waals surface area contributed by atoms with Crippen molar-refractivity contribution in [3.63, 3.8) is 0 Å². The number of thiazole rings is 1. The molecule has 1 amide bonds. The lowest BCUT2D eigenvalue weighted by Crippen LogP contribution is -2.21. The summed E-state index contributed by atoms with van der Waals surface area (Å²) in [7, 11) is 0. The van der Waals surface area contributed by atoms with Crippen LogP contribution in [0.25, 0.3) is 16.9 Å². The molecule has 4 aromatic rings. The van der Waals surface area contributed by atoms with E-state index in [2.05, 4.69) is 31.1 Å². The van der Waals surface area contributed by atoms with Gasteiger partial charge in [-0.05, 0) is 54.6 Å². The molecule has 2 N–H and O–H groups in total. The molecule has 0 atom stereocenters. The number of hydrogen-bond donors (Lipinski definition) is 2. The molecule has 0 bridgehead atoms. The van der Waals surface area contributed by atoms with Crippen molar-refractivity contribution in [3.05, 3.63) is 64.7 Å². The molecule has 0 aliphatic rings. The Balaban J connectivity index is 1.39. The molecule has 0 fully saturated rings. The zero-order valence-electron chi connectivity index (χ0n) is 16.0. The van der Waals surface area contributed by atoms with Crippen LogP contribution < -0.4 is 10.6 Å². The first kappa shape index (κ1) is 18.8. The summed E-state index contributed by atoms with van der Waals surface area (Å²) in [5.74, 6) is 0.552. The molecule has 2 heterocycles. The Morgan fingerprint density at radius 1 is 1.10 bits per heavy atom. The Bertz CT molecular complexity index is 1150. The van der Waals surface area contributed by atoms with Gasteiger partial charge < -0.3 is 10.6 Å². The zero-order chi connectivity index (χ0) is 20.2. The number of amides is 1. The van der Waals surface area contributed by atoms with E-state index >= 15 is 0 Å². The Morgan fingerprint density at radius 3 is 2.69 bits per heavy atom. The summed E-state index contributed by atoms with van der Waals surface area (Å²) >= 11 is 1.60. The van der Waals surface area contributed by atoms with E-state index in [1.54, 1.807) is 16.0 Å². The molecule has 0 aliphatic carbocycles. The van der Waals surface area contributed by atoms with Crippen LogP contribution in [0.4, 0.5) is 11.4 Å².